The van der Waals surface area contributed by atoms with Gasteiger partial charge in [-0.2, -0.15) is 20.8 Å². The second-order valence-electron chi connectivity index (χ2n) is 10.8. The number of nitriles is 2. The summed E-state index contributed by atoms with van der Waals surface area (Å²) in [6.07, 6.45) is 1.09. The molecule has 8 nitrogen and oxygen atoms in total. The maximum atomic E-state index is 12.3. The van der Waals surface area contributed by atoms with Gasteiger partial charge in [0.2, 0.25) is 0 Å². The number of carbonyl (C=O) groups is 2. The zero-order valence-corrected chi connectivity index (χ0v) is 22.5. The molecule has 0 N–H and O–H groups in total. The van der Waals surface area contributed by atoms with Crippen LogP contribution in [0.15, 0.2) is 10.2 Å². The molecule has 0 saturated heterocycles. The highest BCUT2D eigenvalue weighted by Gasteiger charge is 2.41. The minimum Gasteiger partial charge on any atom is -0.547 e. The van der Waals surface area contributed by atoms with Crippen molar-refractivity contribution >= 4 is 26.5 Å². The molecule has 0 bridgehead atoms. The van der Waals surface area contributed by atoms with E-state index in [2.05, 4.69) is 50.2 Å². The summed E-state index contributed by atoms with van der Waals surface area (Å²) in [7, 11) is -2.78. The van der Waals surface area contributed by atoms with Crippen LogP contribution in [0.4, 0.5) is 0 Å². The fourth-order valence-corrected chi connectivity index (χ4v) is 5.26. The Kier molecular flexibility index (Phi) is 11.4. The van der Waals surface area contributed by atoms with E-state index in [0.717, 1.165) is 0 Å². The van der Waals surface area contributed by atoms with E-state index < -0.39 is 49.4 Å². The highest BCUT2D eigenvalue weighted by molar-refractivity contribution is 7.74. The van der Waals surface area contributed by atoms with E-state index in [-0.39, 0.29) is 25.7 Å². The predicted octanol–water partition coefficient (Wildman–Crippen LogP) is 2.11. The average Bonchev–Trinajstić information content (AvgIpc) is 2.65. The Labute approximate surface area is 194 Å². The van der Waals surface area contributed by atoms with Gasteiger partial charge in [0.15, 0.2) is 0 Å². The van der Waals surface area contributed by atoms with Gasteiger partial charge in [-0.3, -0.25) is 0 Å². The number of aliphatic carboxylic acids is 2. The topological polar surface area (TPSA) is 153 Å². The van der Waals surface area contributed by atoms with Crippen LogP contribution in [0.1, 0.15) is 39.5 Å². The summed E-state index contributed by atoms with van der Waals surface area (Å²) in [4.78, 5) is 24.6. The lowest BCUT2D eigenvalue weighted by Crippen LogP contribution is -2.51. The number of rotatable bonds is 14. The van der Waals surface area contributed by atoms with E-state index in [1.165, 1.54) is 0 Å². The van der Waals surface area contributed by atoms with E-state index in [1.54, 1.807) is 13.8 Å². The number of carboxylic acids is 2. The molecule has 0 aliphatic carbocycles. The molecular weight excluding hydrogens is 446 g/mol. The molecule has 0 heterocycles. The molecular formula is C22H38N4O4P2. The van der Waals surface area contributed by atoms with Crippen molar-refractivity contribution in [2.45, 2.75) is 50.6 Å². The van der Waals surface area contributed by atoms with Crippen molar-refractivity contribution in [2.75, 3.05) is 52.3 Å². The Bertz CT molecular complexity index is 713. The van der Waals surface area contributed by atoms with Crippen LogP contribution < -0.4 is 10.2 Å². The normalized spacial score (nSPS) is 18.1. The molecule has 32 heavy (non-hydrogen) atoms. The van der Waals surface area contributed by atoms with Crippen LogP contribution in [0.5, 0.6) is 0 Å². The van der Waals surface area contributed by atoms with Crippen molar-refractivity contribution in [3.8, 4) is 12.1 Å². The van der Waals surface area contributed by atoms with Crippen LogP contribution in [-0.4, -0.2) is 75.3 Å². The van der Waals surface area contributed by atoms with Crippen LogP contribution in [0.3, 0.4) is 0 Å². The Morgan fingerprint density at radius 1 is 0.781 bits per heavy atom. The maximum absolute atomic E-state index is 12.3. The number of hydrogen-bond donors (Lipinski definition) is 0. The minimum atomic E-state index is -1.81. The third-order valence-corrected chi connectivity index (χ3v) is 8.44. The summed E-state index contributed by atoms with van der Waals surface area (Å²) in [5.74, 6) is -4.22. The first-order valence-corrected chi connectivity index (χ1v) is 17.3. The standard InChI is InChI=1S/C22H38N4O4P2/c1-17(15-23)13-21(19(27)28,9-11-31(3,4)5)25-26-22(20(29)30,14-18(2)16-24)10-12-32(6,7)8/h17-18H,9-14H2,1-8H3. The molecule has 180 valence electrons. The Hall–Kier alpha value is -1.62. The first-order chi connectivity index (χ1) is 14.4. The first kappa shape index (κ1) is 30.4. The van der Waals surface area contributed by atoms with Gasteiger partial charge in [0, 0.05) is 79.2 Å². The molecule has 0 spiro atoms. The lowest BCUT2D eigenvalue weighted by atomic mass is 9.85. The van der Waals surface area contributed by atoms with Gasteiger partial charge < -0.3 is 19.8 Å². The fraction of sp³-hybridized carbons (Fsp3) is 0.818. The second kappa shape index (κ2) is 12.0. The summed E-state index contributed by atoms with van der Waals surface area (Å²) >= 11 is 0. The van der Waals surface area contributed by atoms with Crippen molar-refractivity contribution in [3.63, 3.8) is 0 Å². The minimum absolute atomic E-state index is 0.103. The van der Waals surface area contributed by atoms with Crippen LogP contribution in [0.25, 0.3) is 0 Å². The van der Waals surface area contributed by atoms with Crippen molar-refractivity contribution in [1.82, 2.24) is 0 Å². The smallest absolute Gasteiger partial charge is 0.125 e. The zero-order valence-electron chi connectivity index (χ0n) is 20.7. The van der Waals surface area contributed by atoms with Gasteiger partial charge in [-0.25, -0.2) is 0 Å². The monoisotopic (exact) mass is 484 g/mol. The van der Waals surface area contributed by atoms with E-state index in [1.807, 2.05) is 12.1 Å². The van der Waals surface area contributed by atoms with Crippen LogP contribution >= 0.6 is 14.5 Å². The van der Waals surface area contributed by atoms with Gasteiger partial charge in [0.1, 0.15) is 11.1 Å². The lowest BCUT2D eigenvalue weighted by Gasteiger charge is -2.35. The SMILES string of the molecule is CC(C#N)CC(CC[P+](C)(C)C)(N=NC(CC[P+](C)(C)C)(CC(C)C#N)C(=O)[O-])C(=O)[O-]. The Balaban J connectivity index is 6.54. The molecule has 0 radical (unpaired) electrons. The largest absolute Gasteiger partial charge is 0.547 e. The van der Waals surface area contributed by atoms with E-state index in [0.29, 0.717) is 12.3 Å². The molecule has 0 aromatic heterocycles. The van der Waals surface area contributed by atoms with Gasteiger partial charge in [0.25, 0.3) is 0 Å². The molecule has 0 rings (SSSR count). The summed E-state index contributed by atoms with van der Waals surface area (Å²) in [5, 5.41) is 51.4. The molecule has 0 aromatic carbocycles. The van der Waals surface area contributed by atoms with Crippen molar-refractivity contribution in [2.24, 2.45) is 22.1 Å². The molecule has 0 fully saturated rings. The van der Waals surface area contributed by atoms with E-state index in [4.69, 9.17) is 0 Å². The molecule has 10 heteroatoms. The van der Waals surface area contributed by atoms with Gasteiger partial charge >= 0.3 is 0 Å². The summed E-state index contributed by atoms with van der Waals surface area (Å²) in [5.41, 5.74) is -3.62. The fourth-order valence-electron chi connectivity index (χ4n) is 3.17. The molecule has 0 aliphatic heterocycles. The highest BCUT2D eigenvalue weighted by Crippen LogP contribution is 2.50. The Morgan fingerprint density at radius 3 is 1.25 bits per heavy atom. The number of nitrogens with zero attached hydrogens (tertiary/aromatic N) is 4. The highest BCUT2D eigenvalue weighted by atomic mass is 31.2. The van der Waals surface area contributed by atoms with Crippen LogP contribution in [-0.2, 0) is 9.59 Å². The van der Waals surface area contributed by atoms with Crippen molar-refractivity contribution in [3.05, 3.63) is 0 Å². The van der Waals surface area contributed by atoms with Crippen LogP contribution in [0, 0.1) is 34.5 Å². The predicted molar refractivity (Wildman–Crippen MR) is 127 cm³/mol. The number of azo groups is 1. The molecule has 4 unspecified atom stereocenters. The molecule has 0 aromatic rings. The lowest BCUT2D eigenvalue weighted by molar-refractivity contribution is -0.316. The van der Waals surface area contributed by atoms with E-state index >= 15 is 0 Å². The van der Waals surface area contributed by atoms with Gasteiger partial charge in [-0.1, -0.05) is 0 Å². The van der Waals surface area contributed by atoms with Gasteiger partial charge in [0.05, 0.1) is 36.4 Å². The van der Waals surface area contributed by atoms with Crippen LogP contribution in [0.2, 0.25) is 0 Å². The molecule has 0 aliphatic rings. The second-order valence-corrected chi connectivity index (χ2v) is 20.9. The van der Waals surface area contributed by atoms with Crippen molar-refractivity contribution in [1.29, 1.82) is 10.5 Å². The van der Waals surface area contributed by atoms with Gasteiger partial charge in [-0.05, 0) is 26.7 Å². The quantitative estimate of drug-likeness (QED) is 0.272. The third-order valence-electron chi connectivity index (χ3n) is 5.31. The third kappa shape index (κ3) is 10.3. The molecule has 0 saturated carbocycles. The number of hydrogen-bond acceptors (Lipinski definition) is 8. The average molecular weight is 485 g/mol. The van der Waals surface area contributed by atoms with Crippen molar-refractivity contribution < 1.29 is 19.8 Å². The zero-order chi connectivity index (χ0) is 25.4. The summed E-state index contributed by atoms with van der Waals surface area (Å²) in [6.45, 7) is 15.5. The van der Waals surface area contributed by atoms with E-state index in [9.17, 15) is 30.3 Å². The number of carbonyl (C=O) groups excluding carboxylic acids is 2. The summed E-state index contributed by atoms with van der Waals surface area (Å²) in [6, 6.07) is 4.06. The summed E-state index contributed by atoms with van der Waals surface area (Å²) < 4.78 is 0. The van der Waals surface area contributed by atoms with Gasteiger partial charge in [-0.15, -0.1) is 0 Å². The molecule has 0 amide bonds. The Morgan fingerprint density at radius 2 is 1.06 bits per heavy atom. The molecule has 4 atom stereocenters. The number of carboxylic acid groups (broad SMARTS) is 2. The maximum Gasteiger partial charge on any atom is 0.125 e. The first-order valence-electron chi connectivity index (χ1n) is 10.7.